The maximum absolute atomic E-state index is 11.9. The van der Waals surface area contributed by atoms with Crippen molar-refractivity contribution >= 4 is 5.78 Å². The first-order valence-corrected chi connectivity index (χ1v) is 9.68. The van der Waals surface area contributed by atoms with E-state index in [4.69, 9.17) is 0 Å². The molecule has 2 heteroatoms. The molecule has 0 radical (unpaired) electrons. The van der Waals surface area contributed by atoms with Crippen molar-refractivity contribution in [3.63, 3.8) is 0 Å². The van der Waals surface area contributed by atoms with Crippen LogP contribution in [0.2, 0.25) is 0 Å². The van der Waals surface area contributed by atoms with Crippen molar-refractivity contribution in [2.24, 2.45) is 5.92 Å². The van der Waals surface area contributed by atoms with Crippen LogP contribution in [-0.4, -0.2) is 5.78 Å². The number of ketones is 1. The van der Waals surface area contributed by atoms with E-state index in [0.717, 1.165) is 25.7 Å². The molecule has 0 aromatic rings. The Labute approximate surface area is 142 Å². The van der Waals surface area contributed by atoms with Crippen LogP contribution >= 0.6 is 0 Å². The number of hydrogen-bond donors (Lipinski definition) is 1. The molecule has 23 heavy (non-hydrogen) atoms. The Balaban J connectivity index is 1.88. The van der Waals surface area contributed by atoms with Crippen LogP contribution in [0.4, 0.5) is 0 Å². The van der Waals surface area contributed by atoms with Gasteiger partial charge in [-0.15, -0.1) is 0 Å². The Hall–Kier alpha value is -1.31. The second-order valence-corrected chi connectivity index (χ2v) is 7.01. The molecular weight excluding hydrogens is 282 g/mol. The number of Topliss-reactive ketones (excluding diaryl/α,β-unsaturated/α-hetero) is 1. The van der Waals surface area contributed by atoms with Crippen molar-refractivity contribution in [1.29, 1.82) is 0 Å². The van der Waals surface area contributed by atoms with Crippen LogP contribution in [0.25, 0.3) is 0 Å². The first-order chi connectivity index (χ1) is 11.4. The summed E-state index contributed by atoms with van der Waals surface area (Å²) in [6.07, 6.45) is 25.9. The normalized spacial score (nSPS) is 25.7. The molecule has 128 valence electrons. The lowest BCUT2D eigenvalue weighted by Gasteiger charge is -2.20. The molecule has 1 fully saturated rings. The van der Waals surface area contributed by atoms with Crippen LogP contribution in [0.3, 0.4) is 0 Å². The Morgan fingerprint density at radius 1 is 0.739 bits per heavy atom. The standard InChI is InChI=1S/C21H33NO/c23-20-15-8-5-3-1-2-4-7-13-19(14-10-11-16-20)21-17-9-6-12-18-22-21/h6,9,12,17-19,22H,1-5,7-8,10-11,13-16H2. The molecule has 1 aliphatic heterocycles. The molecule has 0 spiro atoms. The molecule has 1 heterocycles. The van der Waals surface area contributed by atoms with Crippen molar-refractivity contribution in [3.05, 3.63) is 36.2 Å². The Morgan fingerprint density at radius 3 is 2.13 bits per heavy atom. The summed E-state index contributed by atoms with van der Waals surface area (Å²) in [5.41, 5.74) is 1.35. The Morgan fingerprint density at radius 2 is 1.35 bits per heavy atom. The second kappa shape index (κ2) is 11.3. The third-order valence-electron chi connectivity index (χ3n) is 5.05. The number of hydrogen-bond acceptors (Lipinski definition) is 2. The molecule has 2 aliphatic rings. The van der Waals surface area contributed by atoms with Gasteiger partial charge in [0, 0.05) is 24.7 Å². The minimum absolute atomic E-state index is 0.481. The number of carbonyl (C=O) groups is 1. The summed E-state index contributed by atoms with van der Waals surface area (Å²) in [5.74, 6) is 1.09. The second-order valence-electron chi connectivity index (χ2n) is 7.01. The van der Waals surface area contributed by atoms with Gasteiger partial charge in [0.2, 0.25) is 0 Å². The largest absolute Gasteiger partial charge is 0.365 e. The first kappa shape index (κ1) is 18.0. The van der Waals surface area contributed by atoms with Gasteiger partial charge in [0.1, 0.15) is 5.78 Å². The van der Waals surface area contributed by atoms with Crippen molar-refractivity contribution in [2.45, 2.75) is 83.5 Å². The zero-order chi connectivity index (χ0) is 16.2. The molecule has 0 amide bonds. The summed E-state index contributed by atoms with van der Waals surface area (Å²) in [6.45, 7) is 0. The van der Waals surface area contributed by atoms with Gasteiger partial charge in [0.15, 0.2) is 0 Å². The van der Waals surface area contributed by atoms with Gasteiger partial charge in [-0.05, 0) is 43.8 Å². The summed E-state index contributed by atoms with van der Waals surface area (Å²) in [7, 11) is 0. The Kier molecular flexibility index (Phi) is 8.83. The van der Waals surface area contributed by atoms with Gasteiger partial charge in [0.05, 0.1) is 0 Å². The maximum atomic E-state index is 11.9. The van der Waals surface area contributed by atoms with Crippen molar-refractivity contribution in [3.8, 4) is 0 Å². The molecule has 1 aliphatic carbocycles. The number of allylic oxidation sites excluding steroid dienone is 5. The summed E-state index contributed by atoms with van der Waals surface area (Å²) >= 11 is 0. The quantitative estimate of drug-likeness (QED) is 0.661. The fraction of sp³-hybridized carbons (Fsp3) is 0.667. The van der Waals surface area contributed by atoms with Gasteiger partial charge < -0.3 is 5.32 Å². The zero-order valence-electron chi connectivity index (χ0n) is 14.6. The molecular formula is C21H33NO. The van der Waals surface area contributed by atoms with Gasteiger partial charge >= 0.3 is 0 Å². The molecule has 0 bridgehead atoms. The molecule has 1 atom stereocenters. The van der Waals surface area contributed by atoms with Gasteiger partial charge in [-0.1, -0.05) is 57.1 Å². The van der Waals surface area contributed by atoms with Crippen molar-refractivity contribution in [1.82, 2.24) is 5.32 Å². The molecule has 2 rings (SSSR count). The molecule has 0 aromatic heterocycles. The van der Waals surface area contributed by atoms with E-state index in [-0.39, 0.29) is 0 Å². The third-order valence-corrected chi connectivity index (χ3v) is 5.05. The molecule has 0 aromatic carbocycles. The number of carbonyl (C=O) groups excluding carboxylic acids is 1. The molecule has 0 saturated heterocycles. The fourth-order valence-corrected chi connectivity index (χ4v) is 3.62. The lowest BCUT2D eigenvalue weighted by molar-refractivity contribution is -0.119. The lowest BCUT2D eigenvalue weighted by Crippen LogP contribution is -2.16. The van der Waals surface area contributed by atoms with Crippen LogP contribution < -0.4 is 5.32 Å². The van der Waals surface area contributed by atoms with E-state index in [0.29, 0.717) is 11.7 Å². The molecule has 2 nitrogen and oxygen atoms in total. The highest BCUT2D eigenvalue weighted by Crippen LogP contribution is 2.25. The SMILES string of the molecule is O=C1CCCCCCCCCC(C2=CC=CC=CN2)CCCC1. The fourth-order valence-electron chi connectivity index (χ4n) is 3.62. The van der Waals surface area contributed by atoms with Gasteiger partial charge in [-0.25, -0.2) is 0 Å². The van der Waals surface area contributed by atoms with E-state index in [1.54, 1.807) is 0 Å². The average Bonchev–Trinajstić information content (AvgIpc) is 2.84. The van der Waals surface area contributed by atoms with E-state index in [2.05, 4.69) is 29.6 Å². The van der Waals surface area contributed by atoms with E-state index < -0.39 is 0 Å². The third kappa shape index (κ3) is 7.67. The summed E-state index contributed by atoms with van der Waals surface area (Å²) in [5, 5.41) is 3.46. The van der Waals surface area contributed by atoms with E-state index >= 15 is 0 Å². The van der Waals surface area contributed by atoms with E-state index in [1.165, 1.54) is 63.5 Å². The number of nitrogens with one attached hydrogen (secondary N) is 1. The van der Waals surface area contributed by atoms with Crippen molar-refractivity contribution < 1.29 is 4.79 Å². The van der Waals surface area contributed by atoms with Gasteiger partial charge in [-0.2, -0.15) is 0 Å². The highest BCUT2D eigenvalue weighted by Gasteiger charge is 2.14. The van der Waals surface area contributed by atoms with Gasteiger partial charge in [-0.3, -0.25) is 4.79 Å². The maximum Gasteiger partial charge on any atom is 0.132 e. The average molecular weight is 316 g/mol. The van der Waals surface area contributed by atoms with Gasteiger partial charge in [0.25, 0.3) is 0 Å². The van der Waals surface area contributed by atoms with Crippen LogP contribution in [0, 0.1) is 5.92 Å². The minimum atomic E-state index is 0.481. The summed E-state index contributed by atoms with van der Waals surface area (Å²) in [6, 6.07) is 0. The van der Waals surface area contributed by atoms with Crippen LogP contribution in [0.1, 0.15) is 83.5 Å². The molecule has 1 unspecified atom stereocenters. The minimum Gasteiger partial charge on any atom is -0.365 e. The van der Waals surface area contributed by atoms with E-state index in [9.17, 15) is 4.79 Å². The topological polar surface area (TPSA) is 29.1 Å². The molecule has 1 saturated carbocycles. The first-order valence-electron chi connectivity index (χ1n) is 9.68. The summed E-state index contributed by atoms with van der Waals surface area (Å²) in [4.78, 5) is 11.9. The Bertz CT molecular complexity index is 433. The predicted molar refractivity (Wildman–Crippen MR) is 98.0 cm³/mol. The predicted octanol–water partition coefficient (Wildman–Crippen LogP) is 5.81. The van der Waals surface area contributed by atoms with Crippen molar-refractivity contribution in [2.75, 3.05) is 0 Å². The highest BCUT2D eigenvalue weighted by atomic mass is 16.1. The molecule has 1 N–H and O–H groups in total. The highest BCUT2D eigenvalue weighted by molar-refractivity contribution is 5.78. The van der Waals surface area contributed by atoms with E-state index in [1.807, 2.05) is 6.20 Å². The smallest absolute Gasteiger partial charge is 0.132 e. The van der Waals surface area contributed by atoms with Crippen LogP contribution in [0.5, 0.6) is 0 Å². The monoisotopic (exact) mass is 315 g/mol. The summed E-state index contributed by atoms with van der Waals surface area (Å²) < 4.78 is 0. The van der Waals surface area contributed by atoms with Crippen LogP contribution in [0.15, 0.2) is 36.2 Å². The lowest BCUT2D eigenvalue weighted by atomic mass is 9.91. The zero-order valence-corrected chi connectivity index (χ0v) is 14.6. The number of rotatable bonds is 1. The van der Waals surface area contributed by atoms with Crippen LogP contribution in [-0.2, 0) is 4.79 Å².